The van der Waals surface area contributed by atoms with Crippen molar-refractivity contribution in [3.05, 3.63) is 0 Å². The molecule has 0 heterocycles. The third-order valence-electron chi connectivity index (χ3n) is 3.34. The molecular formula is C16H36N4. The zero-order valence-electron chi connectivity index (χ0n) is 14.5. The Morgan fingerprint density at radius 2 is 1.65 bits per heavy atom. The van der Waals surface area contributed by atoms with E-state index in [-0.39, 0.29) is 0 Å². The van der Waals surface area contributed by atoms with Crippen LogP contribution in [0.1, 0.15) is 60.8 Å². The number of nitrogens with zero attached hydrogens (tertiary/aromatic N) is 2. The predicted molar refractivity (Wildman–Crippen MR) is 90.5 cm³/mol. The van der Waals surface area contributed by atoms with Crippen molar-refractivity contribution in [2.24, 2.45) is 4.99 Å². The second-order valence-electron chi connectivity index (χ2n) is 5.82. The average molecular weight is 284 g/mol. The van der Waals surface area contributed by atoms with Gasteiger partial charge in [0, 0.05) is 38.3 Å². The van der Waals surface area contributed by atoms with E-state index in [1.54, 1.807) is 0 Å². The molecule has 4 nitrogen and oxygen atoms in total. The molecule has 0 spiro atoms. The third-order valence-corrected chi connectivity index (χ3v) is 3.34. The van der Waals surface area contributed by atoms with Crippen molar-refractivity contribution < 1.29 is 0 Å². The van der Waals surface area contributed by atoms with Crippen LogP contribution in [0.3, 0.4) is 0 Å². The monoisotopic (exact) mass is 284 g/mol. The van der Waals surface area contributed by atoms with Crippen LogP contribution >= 0.6 is 0 Å². The van der Waals surface area contributed by atoms with E-state index in [1.165, 1.54) is 12.8 Å². The number of rotatable bonds is 10. The molecule has 0 saturated heterocycles. The van der Waals surface area contributed by atoms with Gasteiger partial charge >= 0.3 is 0 Å². The van der Waals surface area contributed by atoms with Gasteiger partial charge in [-0.15, -0.1) is 0 Å². The van der Waals surface area contributed by atoms with Crippen LogP contribution in [0, 0.1) is 0 Å². The highest BCUT2D eigenvalue weighted by Crippen LogP contribution is 2.05. The first kappa shape index (κ1) is 19.2. The van der Waals surface area contributed by atoms with Crippen LogP contribution in [0.25, 0.3) is 0 Å². The molecule has 0 unspecified atom stereocenters. The first-order valence-electron chi connectivity index (χ1n) is 8.30. The SMILES string of the molecule is CCCCNC(=NCCCN(C(C)C)C(C)C)NCC. The Kier molecular flexibility index (Phi) is 11.5. The first-order chi connectivity index (χ1) is 9.52. The van der Waals surface area contributed by atoms with Crippen LogP contribution < -0.4 is 10.6 Å². The zero-order valence-corrected chi connectivity index (χ0v) is 14.5. The maximum atomic E-state index is 4.64. The Labute approximate surface area is 126 Å². The summed E-state index contributed by atoms with van der Waals surface area (Å²) in [5.74, 6) is 0.960. The Balaban J connectivity index is 4.08. The Morgan fingerprint density at radius 1 is 1.00 bits per heavy atom. The minimum atomic E-state index is 0.606. The molecule has 0 saturated carbocycles. The van der Waals surface area contributed by atoms with E-state index < -0.39 is 0 Å². The Hall–Kier alpha value is -0.770. The summed E-state index contributed by atoms with van der Waals surface area (Å²) in [7, 11) is 0. The topological polar surface area (TPSA) is 39.7 Å². The van der Waals surface area contributed by atoms with Crippen molar-refractivity contribution in [2.45, 2.75) is 72.9 Å². The Bertz CT molecular complexity index is 241. The van der Waals surface area contributed by atoms with Gasteiger partial charge in [-0.25, -0.2) is 0 Å². The summed E-state index contributed by atoms with van der Waals surface area (Å²) in [6.07, 6.45) is 3.52. The molecular weight excluding hydrogens is 248 g/mol. The third kappa shape index (κ3) is 9.18. The van der Waals surface area contributed by atoms with E-state index in [2.05, 4.69) is 62.1 Å². The minimum Gasteiger partial charge on any atom is -0.357 e. The highest BCUT2D eigenvalue weighted by molar-refractivity contribution is 5.79. The van der Waals surface area contributed by atoms with Gasteiger partial charge in [-0.2, -0.15) is 0 Å². The number of unbranched alkanes of at least 4 members (excludes halogenated alkanes) is 1. The summed E-state index contributed by atoms with van der Waals surface area (Å²) < 4.78 is 0. The van der Waals surface area contributed by atoms with Gasteiger partial charge in [0.2, 0.25) is 0 Å². The molecule has 0 aromatic rings. The molecule has 4 heteroatoms. The maximum absolute atomic E-state index is 4.64. The molecule has 20 heavy (non-hydrogen) atoms. The molecule has 2 N–H and O–H groups in total. The lowest BCUT2D eigenvalue weighted by Gasteiger charge is -2.30. The lowest BCUT2D eigenvalue weighted by atomic mass is 10.2. The fourth-order valence-electron chi connectivity index (χ4n) is 2.28. The van der Waals surface area contributed by atoms with Crippen molar-refractivity contribution in [1.29, 1.82) is 0 Å². The molecule has 0 aliphatic heterocycles. The van der Waals surface area contributed by atoms with Crippen molar-refractivity contribution in [3.8, 4) is 0 Å². The molecule has 0 amide bonds. The highest BCUT2D eigenvalue weighted by Gasteiger charge is 2.11. The van der Waals surface area contributed by atoms with Gasteiger partial charge < -0.3 is 10.6 Å². The number of aliphatic imine (C=N–C) groups is 1. The van der Waals surface area contributed by atoms with Gasteiger partial charge in [-0.1, -0.05) is 13.3 Å². The lowest BCUT2D eigenvalue weighted by Crippen LogP contribution is -2.39. The van der Waals surface area contributed by atoms with E-state index in [0.717, 1.165) is 38.6 Å². The summed E-state index contributed by atoms with van der Waals surface area (Å²) in [6, 6.07) is 1.21. The fraction of sp³-hybridized carbons (Fsp3) is 0.938. The van der Waals surface area contributed by atoms with Crippen LogP contribution in [0.5, 0.6) is 0 Å². The minimum absolute atomic E-state index is 0.606. The maximum Gasteiger partial charge on any atom is 0.191 e. The lowest BCUT2D eigenvalue weighted by molar-refractivity contribution is 0.174. The molecule has 0 bridgehead atoms. The molecule has 120 valence electrons. The highest BCUT2D eigenvalue weighted by atomic mass is 15.2. The van der Waals surface area contributed by atoms with Crippen LogP contribution in [-0.4, -0.2) is 49.1 Å². The molecule has 0 aliphatic rings. The van der Waals surface area contributed by atoms with Gasteiger partial charge in [-0.3, -0.25) is 9.89 Å². The predicted octanol–water partition coefficient (Wildman–Crippen LogP) is 2.85. The van der Waals surface area contributed by atoms with Crippen LogP contribution in [0.2, 0.25) is 0 Å². The summed E-state index contributed by atoms with van der Waals surface area (Å²) in [5, 5.41) is 6.68. The van der Waals surface area contributed by atoms with Crippen molar-refractivity contribution >= 4 is 5.96 Å². The van der Waals surface area contributed by atoms with Gasteiger partial charge in [0.15, 0.2) is 5.96 Å². The van der Waals surface area contributed by atoms with Crippen LogP contribution in [0.15, 0.2) is 4.99 Å². The molecule has 0 aliphatic carbocycles. The quantitative estimate of drug-likeness (QED) is 0.368. The van der Waals surface area contributed by atoms with Crippen LogP contribution in [-0.2, 0) is 0 Å². The molecule has 0 aromatic heterocycles. The standard InChI is InChI=1S/C16H36N4/c1-7-9-11-18-16(17-8-2)19-12-10-13-20(14(3)4)15(5)6/h14-15H,7-13H2,1-6H3,(H2,17,18,19). The van der Waals surface area contributed by atoms with Gasteiger partial charge in [0.25, 0.3) is 0 Å². The van der Waals surface area contributed by atoms with Crippen molar-refractivity contribution in [3.63, 3.8) is 0 Å². The summed E-state index contributed by atoms with van der Waals surface area (Å²) in [5.41, 5.74) is 0. The van der Waals surface area contributed by atoms with E-state index >= 15 is 0 Å². The normalized spacial score (nSPS) is 12.6. The molecule has 0 atom stereocenters. The molecule has 0 rings (SSSR count). The average Bonchev–Trinajstić information content (AvgIpc) is 2.37. The van der Waals surface area contributed by atoms with E-state index in [4.69, 9.17) is 0 Å². The van der Waals surface area contributed by atoms with Crippen molar-refractivity contribution in [1.82, 2.24) is 15.5 Å². The fourth-order valence-corrected chi connectivity index (χ4v) is 2.28. The Morgan fingerprint density at radius 3 is 2.15 bits per heavy atom. The summed E-state index contributed by atoms with van der Waals surface area (Å²) in [4.78, 5) is 7.16. The van der Waals surface area contributed by atoms with E-state index in [0.29, 0.717) is 12.1 Å². The van der Waals surface area contributed by atoms with Crippen molar-refractivity contribution in [2.75, 3.05) is 26.2 Å². The summed E-state index contributed by atoms with van der Waals surface area (Å²) >= 11 is 0. The number of nitrogens with one attached hydrogen (secondary N) is 2. The number of guanidine groups is 1. The second-order valence-corrected chi connectivity index (χ2v) is 5.82. The second kappa shape index (κ2) is 12.0. The van der Waals surface area contributed by atoms with E-state index in [9.17, 15) is 0 Å². The molecule has 0 aromatic carbocycles. The van der Waals surface area contributed by atoms with Crippen LogP contribution in [0.4, 0.5) is 0 Å². The largest absolute Gasteiger partial charge is 0.357 e. The zero-order chi connectivity index (χ0) is 15.4. The number of hydrogen-bond donors (Lipinski definition) is 2. The van der Waals surface area contributed by atoms with Gasteiger partial charge in [-0.05, 0) is 47.5 Å². The molecule has 0 radical (unpaired) electrons. The smallest absolute Gasteiger partial charge is 0.191 e. The molecule has 0 fully saturated rings. The first-order valence-corrected chi connectivity index (χ1v) is 8.30. The van der Waals surface area contributed by atoms with Gasteiger partial charge in [0.05, 0.1) is 0 Å². The van der Waals surface area contributed by atoms with Gasteiger partial charge in [0.1, 0.15) is 0 Å². The summed E-state index contributed by atoms with van der Waals surface area (Å²) in [6.45, 7) is 17.3. The van der Waals surface area contributed by atoms with E-state index in [1.807, 2.05) is 0 Å². The number of hydrogen-bond acceptors (Lipinski definition) is 2.